The Hall–Kier alpha value is -2.62. The second-order valence-corrected chi connectivity index (χ2v) is 6.39. The summed E-state index contributed by atoms with van der Waals surface area (Å²) in [6.45, 7) is 3.61. The molecule has 3 aromatic rings. The van der Waals surface area contributed by atoms with Crippen LogP contribution in [-0.4, -0.2) is 25.9 Å². The Morgan fingerprint density at radius 2 is 2.04 bits per heavy atom. The predicted molar refractivity (Wildman–Crippen MR) is 94.8 cm³/mol. The van der Waals surface area contributed by atoms with E-state index in [1.165, 1.54) is 28.0 Å². The largest absolute Gasteiger partial charge is 0.508 e. The third kappa shape index (κ3) is 3.04. The average molecular weight is 340 g/mol. The summed E-state index contributed by atoms with van der Waals surface area (Å²) in [6.07, 6.45) is -0.110. The van der Waals surface area contributed by atoms with Crippen LogP contribution in [0.15, 0.2) is 35.1 Å². The molecule has 0 aliphatic heterocycles. The second-order valence-electron chi connectivity index (χ2n) is 5.33. The normalized spacial score (nSPS) is 12.0. The molecule has 0 amide bonds. The molecule has 3 rings (SSSR count). The van der Waals surface area contributed by atoms with Crippen molar-refractivity contribution >= 4 is 21.6 Å². The number of nitrogens with zero attached hydrogens (tertiary/aromatic N) is 2. The number of aromatic hydroxyl groups is 1. The Balaban J connectivity index is 2.14. The van der Waals surface area contributed by atoms with Crippen molar-refractivity contribution < 1.29 is 10.2 Å². The van der Waals surface area contributed by atoms with Crippen molar-refractivity contribution in [1.29, 1.82) is 0 Å². The third-order valence-electron chi connectivity index (χ3n) is 3.57. The Bertz CT molecular complexity index is 1010. The zero-order valence-corrected chi connectivity index (χ0v) is 14.1. The minimum Gasteiger partial charge on any atom is -0.508 e. The first kappa shape index (κ1) is 16.2. The second kappa shape index (κ2) is 6.48. The van der Waals surface area contributed by atoms with E-state index in [0.29, 0.717) is 33.0 Å². The SMILES string of the molecule is CCC(O)C#Cc1cc2nc(C)n(-c3ccc(O)cc3)c(=O)c2s1. The van der Waals surface area contributed by atoms with Crippen LogP contribution in [0.25, 0.3) is 15.9 Å². The molecule has 0 fully saturated rings. The monoisotopic (exact) mass is 340 g/mol. The van der Waals surface area contributed by atoms with Gasteiger partial charge < -0.3 is 10.2 Å². The topological polar surface area (TPSA) is 75.3 Å². The smallest absolute Gasteiger partial charge is 0.276 e. The van der Waals surface area contributed by atoms with E-state index in [2.05, 4.69) is 16.8 Å². The number of thiophene rings is 1. The zero-order chi connectivity index (χ0) is 17.3. The number of phenolic OH excluding ortho intramolecular Hbond substituents is 1. The maximum Gasteiger partial charge on any atom is 0.276 e. The summed E-state index contributed by atoms with van der Waals surface area (Å²) < 4.78 is 2.03. The first-order valence-electron chi connectivity index (χ1n) is 7.51. The van der Waals surface area contributed by atoms with E-state index in [9.17, 15) is 15.0 Å². The Labute approximate surface area is 142 Å². The number of aromatic nitrogens is 2. The van der Waals surface area contributed by atoms with Crippen molar-refractivity contribution in [2.45, 2.75) is 26.4 Å². The highest BCUT2D eigenvalue weighted by atomic mass is 32.1. The van der Waals surface area contributed by atoms with Gasteiger partial charge in [-0.25, -0.2) is 4.98 Å². The van der Waals surface area contributed by atoms with Gasteiger partial charge in [0.2, 0.25) is 0 Å². The fourth-order valence-electron chi connectivity index (χ4n) is 2.31. The van der Waals surface area contributed by atoms with E-state index in [1.54, 1.807) is 25.1 Å². The van der Waals surface area contributed by atoms with Gasteiger partial charge in [-0.05, 0) is 43.7 Å². The standard InChI is InChI=1S/C18H16N2O3S/c1-3-13(21)8-9-15-10-16-17(24-15)18(23)20(11(2)19-16)12-4-6-14(22)7-5-12/h4-7,10,13,21-22H,3H2,1-2H3. The Morgan fingerprint density at radius 3 is 2.71 bits per heavy atom. The van der Waals surface area contributed by atoms with E-state index < -0.39 is 6.10 Å². The lowest BCUT2D eigenvalue weighted by Gasteiger charge is -2.09. The highest BCUT2D eigenvalue weighted by molar-refractivity contribution is 7.19. The van der Waals surface area contributed by atoms with Gasteiger partial charge in [-0.1, -0.05) is 18.8 Å². The molecule has 1 aromatic carbocycles. The zero-order valence-electron chi connectivity index (χ0n) is 13.3. The summed E-state index contributed by atoms with van der Waals surface area (Å²) >= 11 is 1.27. The highest BCUT2D eigenvalue weighted by Gasteiger charge is 2.13. The number of benzene rings is 1. The molecule has 2 N–H and O–H groups in total. The number of fused-ring (bicyclic) bond motifs is 1. The molecule has 0 aliphatic rings. The third-order valence-corrected chi connectivity index (χ3v) is 4.60. The van der Waals surface area contributed by atoms with E-state index in [0.717, 1.165) is 0 Å². The van der Waals surface area contributed by atoms with E-state index in [1.807, 2.05) is 6.92 Å². The molecule has 0 bridgehead atoms. The summed E-state index contributed by atoms with van der Waals surface area (Å²) in [4.78, 5) is 18.0. The number of phenols is 1. The molecule has 122 valence electrons. The minimum absolute atomic E-state index is 0.140. The van der Waals surface area contributed by atoms with Crippen molar-refractivity contribution in [2.75, 3.05) is 0 Å². The lowest BCUT2D eigenvalue weighted by Crippen LogP contribution is -2.21. The van der Waals surface area contributed by atoms with Gasteiger partial charge in [0.15, 0.2) is 0 Å². The van der Waals surface area contributed by atoms with Gasteiger partial charge in [-0.3, -0.25) is 9.36 Å². The van der Waals surface area contributed by atoms with Gasteiger partial charge in [-0.15, -0.1) is 11.3 Å². The molecule has 0 spiro atoms. The van der Waals surface area contributed by atoms with Gasteiger partial charge in [-0.2, -0.15) is 0 Å². The molecule has 0 radical (unpaired) electrons. The van der Waals surface area contributed by atoms with E-state index in [-0.39, 0.29) is 11.3 Å². The van der Waals surface area contributed by atoms with Gasteiger partial charge in [0, 0.05) is 0 Å². The van der Waals surface area contributed by atoms with Gasteiger partial charge in [0.1, 0.15) is 22.4 Å². The molecular formula is C18H16N2O3S. The summed E-state index contributed by atoms with van der Waals surface area (Å²) in [6, 6.07) is 8.17. The molecule has 0 saturated carbocycles. The summed E-state index contributed by atoms with van der Waals surface area (Å²) in [5.74, 6) is 6.34. The Kier molecular flexibility index (Phi) is 4.38. The molecule has 1 unspecified atom stereocenters. The first-order chi connectivity index (χ1) is 11.5. The number of aliphatic hydroxyl groups is 1. The molecule has 0 saturated heterocycles. The van der Waals surface area contributed by atoms with Crippen LogP contribution in [0, 0.1) is 18.8 Å². The fraction of sp³-hybridized carbons (Fsp3) is 0.222. The lowest BCUT2D eigenvalue weighted by atomic mass is 10.3. The Morgan fingerprint density at radius 1 is 1.33 bits per heavy atom. The summed E-state index contributed by atoms with van der Waals surface area (Å²) in [5, 5.41) is 18.9. The maximum atomic E-state index is 12.8. The summed E-state index contributed by atoms with van der Waals surface area (Å²) in [7, 11) is 0. The van der Waals surface area contributed by atoms with E-state index in [4.69, 9.17) is 0 Å². The molecule has 6 heteroatoms. The first-order valence-corrected chi connectivity index (χ1v) is 8.33. The number of aryl methyl sites for hydroxylation is 1. The highest BCUT2D eigenvalue weighted by Crippen LogP contribution is 2.22. The number of hydrogen-bond donors (Lipinski definition) is 2. The maximum absolute atomic E-state index is 12.8. The van der Waals surface area contributed by atoms with Crippen molar-refractivity contribution in [2.24, 2.45) is 0 Å². The van der Waals surface area contributed by atoms with Crippen molar-refractivity contribution in [3.8, 4) is 23.3 Å². The molecule has 1 atom stereocenters. The molecule has 2 heterocycles. The van der Waals surface area contributed by atoms with Crippen LogP contribution in [0.5, 0.6) is 5.75 Å². The molecule has 5 nitrogen and oxygen atoms in total. The van der Waals surface area contributed by atoms with Gasteiger partial charge in [0.05, 0.1) is 16.1 Å². The molecule has 24 heavy (non-hydrogen) atoms. The van der Waals surface area contributed by atoms with Crippen molar-refractivity contribution in [3.63, 3.8) is 0 Å². The van der Waals surface area contributed by atoms with Gasteiger partial charge >= 0.3 is 0 Å². The van der Waals surface area contributed by atoms with Crippen LogP contribution in [-0.2, 0) is 0 Å². The quantitative estimate of drug-likeness (QED) is 0.703. The van der Waals surface area contributed by atoms with Crippen LogP contribution in [0.2, 0.25) is 0 Å². The van der Waals surface area contributed by atoms with E-state index >= 15 is 0 Å². The summed E-state index contributed by atoms with van der Waals surface area (Å²) in [5.41, 5.74) is 1.08. The average Bonchev–Trinajstić information content (AvgIpc) is 2.97. The van der Waals surface area contributed by atoms with Crippen LogP contribution in [0.4, 0.5) is 0 Å². The van der Waals surface area contributed by atoms with Crippen LogP contribution < -0.4 is 5.56 Å². The van der Waals surface area contributed by atoms with Crippen molar-refractivity contribution in [3.05, 3.63) is 51.4 Å². The van der Waals surface area contributed by atoms with Crippen molar-refractivity contribution in [1.82, 2.24) is 9.55 Å². The lowest BCUT2D eigenvalue weighted by molar-refractivity contribution is 0.228. The molecule has 0 aliphatic carbocycles. The fourth-order valence-corrected chi connectivity index (χ4v) is 3.20. The van der Waals surface area contributed by atoms with Crippen LogP contribution in [0.3, 0.4) is 0 Å². The van der Waals surface area contributed by atoms with Crippen LogP contribution in [0.1, 0.15) is 24.0 Å². The molecular weight excluding hydrogens is 324 g/mol. The number of rotatable bonds is 2. The minimum atomic E-state index is -0.668. The molecule has 2 aromatic heterocycles. The number of aliphatic hydroxyl groups excluding tert-OH is 1. The van der Waals surface area contributed by atoms with Crippen LogP contribution >= 0.6 is 11.3 Å². The van der Waals surface area contributed by atoms with Gasteiger partial charge in [0.25, 0.3) is 5.56 Å². The number of hydrogen-bond acceptors (Lipinski definition) is 5. The predicted octanol–water partition coefficient (Wildman–Crippen LogP) is 2.58.